The Balaban J connectivity index is 2.47. The van der Waals surface area contributed by atoms with E-state index in [2.05, 4.69) is 44.2 Å². The van der Waals surface area contributed by atoms with Crippen molar-refractivity contribution in [3.63, 3.8) is 0 Å². The zero-order valence-corrected chi connectivity index (χ0v) is 15.5. The predicted molar refractivity (Wildman–Crippen MR) is 90.2 cm³/mol. The van der Waals surface area contributed by atoms with Gasteiger partial charge in [0.15, 0.2) is 20.0 Å². The van der Waals surface area contributed by atoms with Gasteiger partial charge >= 0.3 is 0 Å². The second kappa shape index (κ2) is 7.40. The summed E-state index contributed by atoms with van der Waals surface area (Å²) in [6, 6.07) is 2.88. The van der Waals surface area contributed by atoms with Gasteiger partial charge in [-0.25, -0.2) is 9.37 Å². The summed E-state index contributed by atoms with van der Waals surface area (Å²) >= 11 is 5.79. The minimum Gasteiger partial charge on any atom is -0.417 e. The van der Waals surface area contributed by atoms with Crippen LogP contribution in [-0.2, 0) is 4.43 Å². The Morgan fingerprint density at radius 3 is 2.64 bits per heavy atom. The van der Waals surface area contributed by atoms with Crippen LogP contribution in [0.2, 0.25) is 23.3 Å². The third-order valence-corrected chi connectivity index (χ3v) is 8.76. The highest BCUT2D eigenvalue weighted by Crippen LogP contribution is 2.36. The van der Waals surface area contributed by atoms with Crippen molar-refractivity contribution in [1.82, 2.24) is 4.98 Å². The number of rotatable bonds is 6. The molecule has 1 rings (SSSR count). The standard InChI is InChI=1S/C15H23ClFN3OSi/c1-15(2,3)22(4,5)21-8-6-7-19-14-12(17)9-11(10-18)13(16)20-14/h9H,6-8H2,1-5H3,(H,19,20). The van der Waals surface area contributed by atoms with E-state index < -0.39 is 14.1 Å². The maximum absolute atomic E-state index is 13.7. The summed E-state index contributed by atoms with van der Waals surface area (Å²) in [6.45, 7) is 12.1. The van der Waals surface area contributed by atoms with Gasteiger partial charge in [-0.1, -0.05) is 32.4 Å². The molecular formula is C15H23ClFN3OSi. The van der Waals surface area contributed by atoms with E-state index in [1.165, 1.54) is 0 Å². The van der Waals surface area contributed by atoms with Crippen LogP contribution in [0.15, 0.2) is 6.07 Å². The quantitative estimate of drug-likeness (QED) is 0.467. The molecule has 0 aromatic carbocycles. The average Bonchev–Trinajstić information content (AvgIpc) is 2.40. The summed E-state index contributed by atoms with van der Waals surface area (Å²) in [6.07, 6.45) is 0.741. The van der Waals surface area contributed by atoms with Crippen LogP contribution in [0.3, 0.4) is 0 Å². The van der Waals surface area contributed by atoms with Crippen LogP contribution in [0.4, 0.5) is 10.2 Å². The first-order valence-electron chi connectivity index (χ1n) is 7.22. The predicted octanol–water partition coefficient (Wildman–Crippen LogP) is 4.57. The lowest BCUT2D eigenvalue weighted by Crippen LogP contribution is -2.41. The molecule has 7 heteroatoms. The molecule has 0 spiro atoms. The lowest BCUT2D eigenvalue weighted by molar-refractivity contribution is 0.286. The molecule has 0 amide bonds. The zero-order chi connectivity index (χ0) is 17.0. The maximum atomic E-state index is 13.7. The Morgan fingerprint density at radius 1 is 1.45 bits per heavy atom. The fourth-order valence-electron chi connectivity index (χ4n) is 1.49. The number of nitriles is 1. The molecule has 0 unspecified atom stereocenters. The van der Waals surface area contributed by atoms with E-state index in [1.54, 1.807) is 6.07 Å². The molecule has 4 nitrogen and oxygen atoms in total. The van der Waals surface area contributed by atoms with E-state index >= 15 is 0 Å². The molecule has 0 radical (unpaired) electrons. The van der Waals surface area contributed by atoms with E-state index in [9.17, 15) is 4.39 Å². The lowest BCUT2D eigenvalue weighted by Gasteiger charge is -2.36. The third kappa shape index (κ3) is 4.94. The number of anilines is 1. The molecule has 1 aromatic heterocycles. The second-order valence-electron chi connectivity index (χ2n) is 6.66. The summed E-state index contributed by atoms with van der Waals surface area (Å²) in [7, 11) is -1.74. The number of halogens is 2. The normalized spacial score (nSPS) is 12.1. The van der Waals surface area contributed by atoms with E-state index in [-0.39, 0.29) is 21.6 Å². The summed E-state index contributed by atoms with van der Waals surface area (Å²) in [4.78, 5) is 3.85. The fraction of sp³-hybridized carbons (Fsp3) is 0.600. The van der Waals surface area contributed by atoms with Crippen molar-refractivity contribution in [1.29, 1.82) is 5.26 Å². The Bertz CT molecular complexity index is 567. The molecule has 1 aromatic rings. The Morgan fingerprint density at radius 2 is 2.09 bits per heavy atom. The van der Waals surface area contributed by atoms with Crippen LogP contribution in [0.25, 0.3) is 0 Å². The van der Waals surface area contributed by atoms with Crippen LogP contribution in [0, 0.1) is 17.1 Å². The van der Waals surface area contributed by atoms with Gasteiger partial charge < -0.3 is 9.74 Å². The van der Waals surface area contributed by atoms with Crippen molar-refractivity contribution in [3.8, 4) is 6.07 Å². The minimum atomic E-state index is -1.74. The number of nitrogens with one attached hydrogen (secondary N) is 1. The highest BCUT2D eigenvalue weighted by atomic mass is 35.5. The molecule has 0 aliphatic rings. The molecule has 0 bridgehead atoms. The monoisotopic (exact) mass is 343 g/mol. The molecule has 0 atom stereocenters. The molecule has 0 saturated carbocycles. The van der Waals surface area contributed by atoms with Crippen molar-refractivity contribution >= 4 is 25.7 Å². The van der Waals surface area contributed by atoms with Crippen molar-refractivity contribution in [2.45, 2.75) is 45.3 Å². The summed E-state index contributed by atoms with van der Waals surface area (Å²) in [5, 5.41) is 11.8. The summed E-state index contributed by atoms with van der Waals surface area (Å²) in [5.74, 6) is -0.511. The van der Waals surface area contributed by atoms with Crippen LogP contribution in [0.1, 0.15) is 32.8 Å². The molecule has 22 heavy (non-hydrogen) atoms. The van der Waals surface area contributed by atoms with Gasteiger partial charge in [-0.05, 0) is 30.6 Å². The second-order valence-corrected chi connectivity index (χ2v) is 11.8. The van der Waals surface area contributed by atoms with E-state index in [0.29, 0.717) is 13.2 Å². The van der Waals surface area contributed by atoms with E-state index in [4.69, 9.17) is 21.3 Å². The van der Waals surface area contributed by atoms with Crippen LogP contribution in [0.5, 0.6) is 0 Å². The van der Waals surface area contributed by atoms with Gasteiger partial charge in [0.05, 0.1) is 5.56 Å². The van der Waals surface area contributed by atoms with Crippen molar-refractivity contribution in [2.24, 2.45) is 0 Å². The molecular weight excluding hydrogens is 321 g/mol. The largest absolute Gasteiger partial charge is 0.417 e. The van der Waals surface area contributed by atoms with Crippen LogP contribution >= 0.6 is 11.6 Å². The van der Waals surface area contributed by atoms with Gasteiger partial charge in [0.2, 0.25) is 0 Å². The van der Waals surface area contributed by atoms with E-state index in [0.717, 1.165) is 12.5 Å². The van der Waals surface area contributed by atoms with Crippen LogP contribution < -0.4 is 5.32 Å². The van der Waals surface area contributed by atoms with Crippen molar-refractivity contribution < 1.29 is 8.82 Å². The molecule has 0 aliphatic heterocycles. The number of nitrogens with zero attached hydrogens (tertiary/aromatic N) is 2. The average molecular weight is 344 g/mol. The first kappa shape index (κ1) is 18.9. The number of aromatic nitrogens is 1. The highest BCUT2D eigenvalue weighted by molar-refractivity contribution is 6.74. The number of pyridine rings is 1. The number of hydrogen-bond acceptors (Lipinski definition) is 4. The molecule has 0 aliphatic carbocycles. The highest BCUT2D eigenvalue weighted by Gasteiger charge is 2.36. The lowest BCUT2D eigenvalue weighted by atomic mass is 10.2. The van der Waals surface area contributed by atoms with Gasteiger partial charge in [-0.15, -0.1) is 0 Å². The zero-order valence-electron chi connectivity index (χ0n) is 13.8. The molecule has 1 N–H and O–H groups in total. The van der Waals surface area contributed by atoms with Gasteiger partial charge in [-0.2, -0.15) is 5.26 Å². The van der Waals surface area contributed by atoms with Gasteiger partial charge in [0, 0.05) is 13.2 Å². The smallest absolute Gasteiger partial charge is 0.191 e. The van der Waals surface area contributed by atoms with E-state index in [1.807, 2.05) is 0 Å². The summed E-state index contributed by atoms with van der Waals surface area (Å²) < 4.78 is 19.8. The molecule has 0 fully saturated rings. The number of hydrogen-bond donors (Lipinski definition) is 1. The third-order valence-electron chi connectivity index (χ3n) is 3.93. The first-order valence-corrected chi connectivity index (χ1v) is 10.5. The SMILES string of the molecule is CC(C)(C)[Si](C)(C)OCCCNc1nc(Cl)c(C#N)cc1F. The van der Waals surface area contributed by atoms with Gasteiger partial charge in [0.25, 0.3) is 0 Å². The minimum absolute atomic E-state index is 0.00363. The van der Waals surface area contributed by atoms with Crippen LogP contribution in [-0.4, -0.2) is 26.5 Å². The topological polar surface area (TPSA) is 57.9 Å². The molecule has 1 heterocycles. The summed E-state index contributed by atoms with van der Waals surface area (Å²) in [5.41, 5.74) is 0.0333. The Kier molecular flexibility index (Phi) is 6.35. The fourth-order valence-corrected chi connectivity index (χ4v) is 2.76. The van der Waals surface area contributed by atoms with Gasteiger partial charge in [-0.3, -0.25) is 0 Å². The first-order chi connectivity index (χ1) is 10.1. The van der Waals surface area contributed by atoms with Gasteiger partial charge in [0.1, 0.15) is 11.2 Å². The molecule has 0 saturated heterocycles. The van der Waals surface area contributed by atoms with Crippen molar-refractivity contribution in [3.05, 3.63) is 22.6 Å². The molecule has 122 valence electrons. The van der Waals surface area contributed by atoms with Crippen molar-refractivity contribution in [2.75, 3.05) is 18.5 Å². The Labute approximate surface area is 137 Å². The Hall–Kier alpha value is -1.16. The maximum Gasteiger partial charge on any atom is 0.191 e.